The molecule has 110 valence electrons. The van der Waals surface area contributed by atoms with Gasteiger partial charge in [0.05, 0.1) is 29.9 Å². The number of carboxylic acids is 1. The second-order valence-electron chi connectivity index (χ2n) is 4.74. The van der Waals surface area contributed by atoms with Crippen molar-refractivity contribution in [2.24, 2.45) is 11.7 Å². The monoisotopic (exact) mass is 292 g/mol. The van der Waals surface area contributed by atoms with E-state index < -0.39 is 21.8 Å². The largest absolute Gasteiger partial charge is 0.481 e. The molecule has 0 aromatic heterocycles. The molecule has 1 fully saturated rings. The number of rotatable bonds is 5. The maximum Gasteiger partial charge on any atom is 0.305 e. The van der Waals surface area contributed by atoms with Crippen LogP contribution in [-0.4, -0.2) is 60.9 Å². The molecule has 0 saturated carbocycles. The lowest BCUT2D eigenvalue weighted by atomic mass is 10.0. The third-order valence-electron chi connectivity index (χ3n) is 3.35. The van der Waals surface area contributed by atoms with Gasteiger partial charge in [0.1, 0.15) is 0 Å². The van der Waals surface area contributed by atoms with Gasteiger partial charge in [-0.3, -0.25) is 9.59 Å². The van der Waals surface area contributed by atoms with Crippen molar-refractivity contribution in [3.63, 3.8) is 0 Å². The van der Waals surface area contributed by atoms with E-state index in [1.54, 1.807) is 0 Å². The van der Waals surface area contributed by atoms with Crippen LogP contribution in [0.5, 0.6) is 0 Å². The summed E-state index contributed by atoms with van der Waals surface area (Å²) in [6, 6.07) is -0.788. The van der Waals surface area contributed by atoms with Crippen molar-refractivity contribution in [1.29, 1.82) is 0 Å². The third-order valence-corrected chi connectivity index (χ3v) is 5.05. The molecule has 3 N–H and O–H groups in total. The molecule has 19 heavy (non-hydrogen) atoms. The third kappa shape index (κ3) is 4.17. The molecule has 1 amide bonds. The van der Waals surface area contributed by atoms with Crippen LogP contribution in [0.15, 0.2) is 0 Å². The molecule has 1 saturated heterocycles. The zero-order chi connectivity index (χ0) is 14.6. The maximum atomic E-state index is 12.2. The summed E-state index contributed by atoms with van der Waals surface area (Å²) >= 11 is 0. The molecule has 0 spiro atoms. The van der Waals surface area contributed by atoms with Crippen molar-refractivity contribution >= 4 is 21.7 Å². The van der Waals surface area contributed by atoms with Gasteiger partial charge in [-0.1, -0.05) is 6.92 Å². The van der Waals surface area contributed by atoms with Gasteiger partial charge >= 0.3 is 5.97 Å². The van der Waals surface area contributed by atoms with Crippen LogP contribution in [0.25, 0.3) is 0 Å². The molecule has 1 heterocycles. The second kappa shape index (κ2) is 6.33. The first-order chi connectivity index (χ1) is 8.80. The van der Waals surface area contributed by atoms with Crippen LogP contribution in [0.1, 0.15) is 19.8 Å². The van der Waals surface area contributed by atoms with Gasteiger partial charge in [-0.05, 0) is 6.42 Å². The summed E-state index contributed by atoms with van der Waals surface area (Å²) in [5.74, 6) is -2.13. The Kier molecular flexibility index (Phi) is 5.30. The Morgan fingerprint density at radius 3 is 2.58 bits per heavy atom. The molecular formula is C11H20N2O5S. The first-order valence-corrected chi connectivity index (χ1v) is 8.05. The molecule has 2 unspecified atom stereocenters. The maximum absolute atomic E-state index is 12.2. The lowest BCUT2D eigenvalue weighted by Gasteiger charge is -2.36. The summed E-state index contributed by atoms with van der Waals surface area (Å²) in [6.07, 6.45) is 0.199. The number of aliphatic carboxylic acids is 1. The lowest BCUT2D eigenvalue weighted by Crippen LogP contribution is -2.54. The quantitative estimate of drug-likeness (QED) is 0.676. The average Bonchev–Trinajstić information content (AvgIpc) is 2.28. The highest BCUT2D eigenvalue weighted by atomic mass is 32.2. The number of hydrogen-bond donors (Lipinski definition) is 2. The number of hydrogen-bond acceptors (Lipinski definition) is 5. The number of nitrogens with two attached hydrogens (primary N) is 1. The fraction of sp³-hybridized carbons (Fsp3) is 0.818. The highest BCUT2D eigenvalue weighted by molar-refractivity contribution is 7.91. The van der Waals surface area contributed by atoms with Crippen molar-refractivity contribution in [2.75, 3.05) is 24.6 Å². The van der Waals surface area contributed by atoms with Gasteiger partial charge in [0.15, 0.2) is 9.84 Å². The van der Waals surface area contributed by atoms with Gasteiger partial charge in [0.25, 0.3) is 0 Å². The van der Waals surface area contributed by atoms with Crippen LogP contribution in [0, 0.1) is 5.92 Å². The number of sulfone groups is 1. The van der Waals surface area contributed by atoms with E-state index in [9.17, 15) is 18.0 Å². The van der Waals surface area contributed by atoms with Crippen molar-refractivity contribution in [3.05, 3.63) is 0 Å². The Morgan fingerprint density at radius 2 is 2.11 bits per heavy atom. The molecule has 0 aromatic rings. The minimum Gasteiger partial charge on any atom is -0.481 e. The first kappa shape index (κ1) is 15.9. The normalized spacial score (nSPS) is 23.9. The van der Waals surface area contributed by atoms with Crippen molar-refractivity contribution < 1.29 is 23.1 Å². The number of carboxylic acid groups (broad SMARTS) is 1. The van der Waals surface area contributed by atoms with Crippen LogP contribution in [-0.2, 0) is 19.4 Å². The van der Waals surface area contributed by atoms with Gasteiger partial charge in [0, 0.05) is 13.1 Å². The molecule has 0 radical (unpaired) electrons. The van der Waals surface area contributed by atoms with Crippen LogP contribution in [0.3, 0.4) is 0 Å². The van der Waals surface area contributed by atoms with Crippen LogP contribution in [0.4, 0.5) is 0 Å². The molecule has 7 nitrogen and oxygen atoms in total. The topological polar surface area (TPSA) is 118 Å². The fourth-order valence-electron chi connectivity index (χ4n) is 2.22. The summed E-state index contributed by atoms with van der Waals surface area (Å²) in [5, 5.41) is 8.83. The Bertz CT molecular complexity index is 444. The molecule has 1 aliphatic heterocycles. The molecule has 1 rings (SSSR count). The van der Waals surface area contributed by atoms with E-state index in [4.69, 9.17) is 10.8 Å². The van der Waals surface area contributed by atoms with E-state index >= 15 is 0 Å². The minimum atomic E-state index is -3.27. The van der Waals surface area contributed by atoms with Crippen LogP contribution < -0.4 is 5.73 Å². The Morgan fingerprint density at radius 1 is 1.47 bits per heavy atom. The highest BCUT2D eigenvalue weighted by Crippen LogP contribution is 2.18. The second-order valence-corrected chi connectivity index (χ2v) is 6.97. The number of carbonyl (C=O) groups excluding carboxylic acids is 1. The van der Waals surface area contributed by atoms with Gasteiger partial charge in [-0.25, -0.2) is 8.42 Å². The first-order valence-electron chi connectivity index (χ1n) is 6.23. The van der Waals surface area contributed by atoms with E-state index in [2.05, 4.69) is 0 Å². The highest BCUT2D eigenvalue weighted by Gasteiger charge is 2.37. The SMILES string of the molecule is CCC(CN)C(=O)N1CCS(=O)(=O)CC1CC(=O)O. The fourth-order valence-corrected chi connectivity index (χ4v) is 3.75. The summed E-state index contributed by atoms with van der Waals surface area (Å²) in [4.78, 5) is 24.4. The van der Waals surface area contributed by atoms with Gasteiger partial charge in [-0.15, -0.1) is 0 Å². The van der Waals surface area contributed by atoms with Gasteiger partial charge in [0.2, 0.25) is 5.91 Å². The van der Waals surface area contributed by atoms with Gasteiger partial charge < -0.3 is 15.7 Å². The van der Waals surface area contributed by atoms with Crippen molar-refractivity contribution in [1.82, 2.24) is 4.90 Å². The van der Waals surface area contributed by atoms with Crippen molar-refractivity contribution in [3.8, 4) is 0 Å². The summed E-state index contributed by atoms with van der Waals surface area (Å²) in [6.45, 7) is 2.05. The average molecular weight is 292 g/mol. The van der Waals surface area contributed by atoms with E-state index in [-0.39, 0.29) is 42.8 Å². The predicted molar refractivity (Wildman–Crippen MR) is 69.2 cm³/mol. The standard InChI is InChI=1S/C11H20N2O5S/c1-2-8(6-12)11(16)13-3-4-19(17,18)7-9(13)5-10(14)15/h8-9H,2-7,12H2,1H3,(H,14,15). The smallest absolute Gasteiger partial charge is 0.305 e. The summed E-state index contributed by atoms with van der Waals surface area (Å²) in [5.41, 5.74) is 5.51. The zero-order valence-electron chi connectivity index (χ0n) is 10.9. The van der Waals surface area contributed by atoms with E-state index in [0.717, 1.165) is 0 Å². The molecule has 0 aliphatic carbocycles. The lowest BCUT2D eigenvalue weighted by molar-refractivity contribution is -0.142. The van der Waals surface area contributed by atoms with E-state index in [0.29, 0.717) is 6.42 Å². The van der Waals surface area contributed by atoms with Crippen molar-refractivity contribution in [2.45, 2.75) is 25.8 Å². The predicted octanol–water partition coefficient (Wildman–Crippen LogP) is -0.928. The minimum absolute atomic E-state index is 0.0512. The molecular weight excluding hydrogens is 272 g/mol. The Hall–Kier alpha value is -1.15. The molecule has 1 aliphatic rings. The molecule has 0 bridgehead atoms. The summed E-state index contributed by atoms with van der Waals surface area (Å²) in [7, 11) is -3.27. The number of nitrogens with zero attached hydrogens (tertiary/aromatic N) is 1. The molecule has 8 heteroatoms. The number of amides is 1. The van der Waals surface area contributed by atoms with E-state index in [1.807, 2.05) is 6.92 Å². The molecule has 2 atom stereocenters. The van der Waals surface area contributed by atoms with Crippen LogP contribution >= 0.6 is 0 Å². The van der Waals surface area contributed by atoms with E-state index in [1.165, 1.54) is 4.90 Å². The van der Waals surface area contributed by atoms with Crippen LogP contribution in [0.2, 0.25) is 0 Å². The van der Waals surface area contributed by atoms with Gasteiger partial charge in [-0.2, -0.15) is 0 Å². The summed E-state index contributed by atoms with van der Waals surface area (Å²) < 4.78 is 23.1. The Balaban J connectivity index is 2.90. The molecule has 0 aromatic carbocycles. The number of carbonyl (C=O) groups is 2. The Labute approximate surface area is 112 Å². The zero-order valence-corrected chi connectivity index (χ0v) is 11.7.